The van der Waals surface area contributed by atoms with Gasteiger partial charge in [-0.3, -0.25) is 4.79 Å². The number of carboxylic acids is 1. The molecule has 0 amide bonds. The summed E-state index contributed by atoms with van der Waals surface area (Å²) in [5, 5.41) is 8.73. The van der Waals surface area contributed by atoms with Crippen LogP contribution in [-0.2, 0) is 11.2 Å². The van der Waals surface area contributed by atoms with E-state index in [1.807, 2.05) is 6.92 Å². The summed E-state index contributed by atoms with van der Waals surface area (Å²) >= 11 is 2.36. The van der Waals surface area contributed by atoms with E-state index in [4.69, 9.17) is 5.11 Å². The zero-order valence-electron chi connectivity index (χ0n) is 15.8. The number of aryl methyl sites for hydroxylation is 1. The second kappa shape index (κ2) is 14.6. The maximum Gasteiger partial charge on any atom is 0.303 e. The molecule has 1 N–H and O–H groups in total. The fourth-order valence-corrected chi connectivity index (χ4v) is 3.65. The zero-order chi connectivity index (χ0) is 18.3. The summed E-state index contributed by atoms with van der Waals surface area (Å²) in [4.78, 5) is 10.6. The van der Waals surface area contributed by atoms with Gasteiger partial charge in [-0.05, 0) is 59.0 Å². The Balaban J connectivity index is 1.81. The van der Waals surface area contributed by atoms with Gasteiger partial charge in [0, 0.05) is 9.99 Å². The van der Waals surface area contributed by atoms with Crippen molar-refractivity contribution in [1.29, 1.82) is 0 Å². The highest BCUT2D eigenvalue weighted by molar-refractivity contribution is 14.1. The minimum absolute atomic E-state index is 0.323. The van der Waals surface area contributed by atoms with E-state index in [9.17, 15) is 4.79 Å². The van der Waals surface area contributed by atoms with Crippen molar-refractivity contribution in [2.45, 2.75) is 90.4 Å². The second-order valence-corrected chi connectivity index (χ2v) is 8.65. The number of hydrogen-bond donors (Lipinski definition) is 1. The lowest BCUT2D eigenvalue weighted by atomic mass is 9.99. The van der Waals surface area contributed by atoms with Crippen LogP contribution < -0.4 is 0 Å². The molecule has 0 saturated carbocycles. The fourth-order valence-electron chi connectivity index (χ4n) is 3.29. The van der Waals surface area contributed by atoms with Gasteiger partial charge >= 0.3 is 5.97 Å². The van der Waals surface area contributed by atoms with Crippen molar-refractivity contribution in [3.8, 4) is 0 Å². The predicted molar refractivity (Wildman–Crippen MR) is 115 cm³/mol. The van der Waals surface area contributed by atoms with Gasteiger partial charge < -0.3 is 5.11 Å². The van der Waals surface area contributed by atoms with Crippen LogP contribution in [0.1, 0.15) is 89.5 Å². The Morgan fingerprint density at radius 3 is 1.88 bits per heavy atom. The van der Waals surface area contributed by atoms with Crippen molar-refractivity contribution in [3.63, 3.8) is 0 Å². The van der Waals surface area contributed by atoms with E-state index >= 15 is 0 Å². The highest BCUT2D eigenvalue weighted by Gasteiger charge is 2.06. The third-order valence-electron chi connectivity index (χ3n) is 4.85. The van der Waals surface area contributed by atoms with Crippen LogP contribution in [0.5, 0.6) is 0 Å². The van der Waals surface area contributed by atoms with Gasteiger partial charge in [0.1, 0.15) is 0 Å². The van der Waals surface area contributed by atoms with Crippen LogP contribution in [0.25, 0.3) is 0 Å². The van der Waals surface area contributed by atoms with Gasteiger partial charge in [-0.2, -0.15) is 0 Å². The molecule has 0 radical (unpaired) electrons. The normalized spacial score (nSPS) is 12.2. The first-order valence-electron chi connectivity index (χ1n) is 10.0. The summed E-state index contributed by atoms with van der Waals surface area (Å²) in [6.07, 6.45) is 15.9. The van der Waals surface area contributed by atoms with Gasteiger partial charge in [0.25, 0.3) is 0 Å². The molecule has 0 heterocycles. The third-order valence-corrected chi connectivity index (χ3v) is 5.57. The summed E-state index contributed by atoms with van der Waals surface area (Å²) in [6.45, 7) is 2.05. The number of rotatable bonds is 15. The Kier molecular flexibility index (Phi) is 13.1. The monoisotopic (exact) mass is 456 g/mol. The van der Waals surface area contributed by atoms with Crippen molar-refractivity contribution < 1.29 is 9.90 Å². The number of carboxylic acid groups (broad SMARTS) is 1. The molecule has 0 aliphatic carbocycles. The summed E-state index contributed by atoms with van der Waals surface area (Å²) in [5.41, 5.74) is 1.47. The van der Waals surface area contributed by atoms with E-state index in [0.29, 0.717) is 12.3 Å². The number of carbonyl (C=O) groups is 1. The molecule has 0 fully saturated rings. The standard InChI is InChI=1S/C22H35IO2/c1-19(18-22(24)25)12-10-8-6-4-2-3-5-7-9-11-13-20-14-16-21(23)17-15-20/h14-17,19H,2-13,18H2,1H3,(H,24,25)/t19-/m1/s1/i23-2. The van der Waals surface area contributed by atoms with Crippen LogP contribution in [0, 0.1) is 9.49 Å². The number of halogens is 1. The highest BCUT2D eigenvalue weighted by atomic mass is 125. The van der Waals surface area contributed by atoms with Crippen LogP contribution in [0.4, 0.5) is 0 Å². The van der Waals surface area contributed by atoms with Crippen molar-refractivity contribution >= 4 is 28.6 Å². The minimum atomic E-state index is -0.661. The quantitative estimate of drug-likeness (QED) is 0.223. The number of benzene rings is 1. The average Bonchev–Trinajstić information content (AvgIpc) is 2.57. The molecular weight excluding hydrogens is 421 g/mol. The Labute approximate surface area is 167 Å². The third kappa shape index (κ3) is 13.3. The van der Waals surface area contributed by atoms with E-state index in [2.05, 4.69) is 46.9 Å². The van der Waals surface area contributed by atoms with Gasteiger partial charge in [-0.15, -0.1) is 0 Å². The van der Waals surface area contributed by atoms with Crippen LogP contribution >= 0.6 is 22.6 Å². The molecular formula is C22H35IO2. The summed E-state index contributed by atoms with van der Waals surface area (Å²) in [5.74, 6) is -0.331. The predicted octanol–water partition coefficient (Wildman–Crippen LogP) is 7.24. The molecule has 1 aromatic rings. The number of unbranched alkanes of at least 4 members (excludes halogenated alkanes) is 9. The van der Waals surface area contributed by atoms with Crippen LogP contribution in [0.15, 0.2) is 24.3 Å². The van der Waals surface area contributed by atoms with Crippen LogP contribution in [0.3, 0.4) is 0 Å². The lowest BCUT2D eigenvalue weighted by Gasteiger charge is -2.08. The van der Waals surface area contributed by atoms with E-state index in [1.54, 1.807) is 0 Å². The molecule has 1 rings (SSSR count). The van der Waals surface area contributed by atoms with Gasteiger partial charge in [0.2, 0.25) is 0 Å². The molecule has 0 aliphatic rings. The molecule has 2 nitrogen and oxygen atoms in total. The van der Waals surface area contributed by atoms with Gasteiger partial charge in [0.05, 0.1) is 0 Å². The van der Waals surface area contributed by atoms with Gasteiger partial charge in [-0.25, -0.2) is 0 Å². The first kappa shape index (κ1) is 22.5. The van der Waals surface area contributed by atoms with Gasteiger partial charge in [0.15, 0.2) is 0 Å². The molecule has 3 heteroatoms. The molecule has 0 bridgehead atoms. The fraction of sp³-hybridized carbons (Fsp3) is 0.682. The molecule has 1 atom stereocenters. The molecule has 0 aromatic heterocycles. The van der Waals surface area contributed by atoms with E-state index < -0.39 is 5.97 Å². The molecule has 25 heavy (non-hydrogen) atoms. The second-order valence-electron chi connectivity index (χ2n) is 7.40. The van der Waals surface area contributed by atoms with Crippen LogP contribution in [0.2, 0.25) is 0 Å². The Morgan fingerprint density at radius 1 is 0.880 bits per heavy atom. The Hall–Kier alpha value is -0.580. The number of aliphatic carboxylic acids is 1. The van der Waals surface area contributed by atoms with E-state index in [0.717, 1.165) is 6.42 Å². The molecule has 142 valence electrons. The molecule has 0 saturated heterocycles. The summed E-state index contributed by atoms with van der Waals surface area (Å²) in [6, 6.07) is 8.90. The Bertz CT molecular complexity index is 456. The lowest BCUT2D eigenvalue weighted by molar-refractivity contribution is -0.138. The Morgan fingerprint density at radius 2 is 1.36 bits per heavy atom. The topological polar surface area (TPSA) is 37.3 Å². The SMILES string of the molecule is C[C@H](CCCCCCCCCCCCc1ccc([125I])cc1)CC(=O)O. The smallest absolute Gasteiger partial charge is 0.303 e. The molecule has 0 unspecified atom stereocenters. The molecule has 0 spiro atoms. The maximum atomic E-state index is 10.6. The summed E-state index contributed by atoms with van der Waals surface area (Å²) < 4.78 is 1.32. The summed E-state index contributed by atoms with van der Waals surface area (Å²) in [7, 11) is 0. The van der Waals surface area contributed by atoms with E-state index in [-0.39, 0.29) is 0 Å². The molecule has 1 aromatic carbocycles. The highest BCUT2D eigenvalue weighted by Crippen LogP contribution is 2.16. The van der Waals surface area contributed by atoms with Crippen molar-refractivity contribution in [1.82, 2.24) is 0 Å². The van der Waals surface area contributed by atoms with Crippen LogP contribution in [-0.4, -0.2) is 11.1 Å². The lowest BCUT2D eigenvalue weighted by Crippen LogP contribution is -2.03. The van der Waals surface area contributed by atoms with Gasteiger partial charge in [-0.1, -0.05) is 83.3 Å². The van der Waals surface area contributed by atoms with Crippen molar-refractivity contribution in [2.24, 2.45) is 5.92 Å². The maximum absolute atomic E-state index is 10.6. The first-order valence-corrected chi connectivity index (χ1v) is 11.1. The van der Waals surface area contributed by atoms with Crippen molar-refractivity contribution in [3.05, 3.63) is 33.4 Å². The van der Waals surface area contributed by atoms with E-state index in [1.165, 1.54) is 79.8 Å². The van der Waals surface area contributed by atoms with Crippen molar-refractivity contribution in [2.75, 3.05) is 0 Å². The molecule has 0 aliphatic heterocycles. The number of hydrogen-bond acceptors (Lipinski definition) is 1. The first-order chi connectivity index (χ1) is 12.1. The average molecular weight is 456 g/mol. The minimum Gasteiger partial charge on any atom is -0.481 e. The zero-order valence-corrected chi connectivity index (χ0v) is 18.0. The largest absolute Gasteiger partial charge is 0.481 e.